The summed E-state index contributed by atoms with van der Waals surface area (Å²) in [7, 11) is 0. The lowest BCUT2D eigenvalue weighted by molar-refractivity contribution is -0.124. The SMILES string of the molecule is O=C(Nc1cccc(-c2n[nH]c3ccc(-c4ncn[nH]4)cc23)c1)[C@H](O)c1ccccc1. The minimum atomic E-state index is -1.25. The van der Waals surface area contributed by atoms with E-state index in [9.17, 15) is 9.90 Å². The van der Waals surface area contributed by atoms with E-state index in [1.165, 1.54) is 6.33 Å². The summed E-state index contributed by atoms with van der Waals surface area (Å²) in [5.74, 6) is 0.174. The largest absolute Gasteiger partial charge is 0.378 e. The number of hydrogen-bond donors (Lipinski definition) is 4. The Labute approximate surface area is 177 Å². The molecule has 1 amide bonds. The summed E-state index contributed by atoms with van der Waals surface area (Å²) >= 11 is 0. The number of benzene rings is 3. The van der Waals surface area contributed by atoms with Gasteiger partial charge in [-0.25, -0.2) is 4.98 Å². The number of aliphatic hydroxyl groups excluding tert-OH is 1. The number of H-pyrrole nitrogens is 2. The van der Waals surface area contributed by atoms with Crippen molar-refractivity contribution in [2.45, 2.75) is 6.10 Å². The van der Waals surface area contributed by atoms with Gasteiger partial charge < -0.3 is 10.4 Å². The first-order chi connectivity index (χ1) is 15.2. The van der Waals surface area contributed by atoms with Gasteiger partial charge in [0.25, 0.3) is 5.91 Å². The number of fused-ring (bicyclic) bond motifs is 1. The van der Waals surface area contributed by atoms with Crippen molar-refractivity contribution in [2.24, 2.45) is 0 Å². The van der Waals surface area contributed by atoms with Crippen LogP contribution < -0.4 is 5.32 Å². The van der Waals surface area contributed by atoms with E-state index in [-0.39, 0.29) is 0 Å². The third kappa shape index (κ3) is 3.67. The summed E-state index contributed by atoms with van der Waals surface area (Å²) in [6.45, 7) is 0. The van der Waals surface area contributed by atoms with Gasteiger partial charge in [0.2, 0.25) is 0 Å². The number of hydrogen-bond acceptors (Lipinski definition) is 5. The number of aromatic nitrogens is 5. The molecule has 0 radical (unpaired) electrons. The summed E-state index contributed by atoms with van der Waals surface area (Å²) in [5, 5.41) is 28.3. The molecule has 0 aliphatic rings. The van der Waals surface area contributed by atoms with Gasteiger partial charge >= 0.3 is 0 Å². The molecule has 0 aliphatic carbocycles. The number of amides is 1. The van der Waals surface area contributed by atoms with E-state index in [0.29, 0.717) is 17.1 Å². The highest BCUT2D eigenvalue weighted by Crippen LogP contribution is 2.30. The van der Waals surface area contributed by atoms with Gasteiger partial charge in [0, 0.05) is 22.2 Å². The summed E-state index contributed by atoms with van der Waals surface area (Å²) in [6, 6.07) is 22.0. The predicted octanol–water partition coefficient (Wildman–Crippen LogP) is 3.69. The summed E-state index contributed by atoms with van der Waals surface area (Å²) in [6.07, 6.45) is 0.215. The lowest BCUT2D eigenvalue weighted by Crippen LogP contribution is -2.20. The molecule has 0 fully saturated rings. The Balaban J connectivity index is 1.44. The lowest BCUT2D eigenvalue weighted by Gasteiger charge is -2.12. The van der Waals surface area contributed by atoms with E-state index in [2.05, 4.69) is 30.7 Å². The van der Waals surface area contributed by atoms with Crippen LogP contribution in [0.4, 0.5) is 5.69 Å². The van der Waals surface area contributed by atoms with Crippen molar-refractivity contribution in [2.75, 3.05) is 5.32 Å². The molecule has 152 valence electrons. The third-order valence-corrected chi connectivity index (χ3v) is 5.02. The summed E-state index contributed by atoms with van der Waals surface area (Å²) < 4.78 is 0. The molecule has 1 atom stereocenters. The highest BCUT2D eigenvalue weighted by atomic mass is 16.3. The average molecular weight is 410 g/mol. The Morgan fingerprint density at radius 2 is 1.81 bits per heavy atom. The summed E-state index contributed by atoms with van der Waals surface area (Å²) in [4.78, 5) is 16.7. The van der Waals surface area contributed by atoms with Gasteiger partial charge in [-0.15, -0.1) is 0 Å². The van der Waals surface area contributed by atoms with Gasteiger partial charge in [0.1, 0.15) is 6.33 Å². The maximum atomic E-state index is 12.5. The number of nitrogens with zero attached hydrogens (tertiary/aromatic N) is 3. The van der Waals surface area contributed by atoms with Crippen molar-refractivity contribution in [3.05, 3.63) is 84.7 Å². The summed E-state index contributed by atoms with van der Waals surface area (Å²) in [5.41, 5.74) is 4.45. The zero-order chi connectivity index (χ0) is 21.2. The van der Waals surface area contributed by atoms with E-state index < -0.39 is 12.0 Å². The monoisotopic (exact) mass is 410 g/mol. The molecule has 2 aromatic heterocycles. The second kappa shape index (κ2) is 7.85. The highest BCUT2D eigenvalue weighted by molar-refractivity contribution is 5.98. The Bertz CT molecular complexity index is 1350. The van der Waals surface area contributed by atoms with Crippen molar-refractivity contribution in [1.82, 2.24) is 25.4 Å². The number of carbonyl (C=O) groups is 1. The average Bonchev–Trinajstić information content (AvgIpc) is 3.49. The number of rotatable bonds is 5. The van der Waals surface area contributed by atoms with Crippen molar-refractivity contribution in [3.8, 4) is 22.6 Å². The molecule has 0 bridgehead atoms. The minimum Gasteiger partial charge on any atom is -0.378 e. The molecule has 5 rings (SSSR count). The van der Waals surface area contributed by atoms with Crippen LogP contribution in [-0.4, -0.2) is 36.4 Å². The zero-order valence-corrected chi connectivity index (χ0v) is 16.3. The molecule has 5 aromatic rings. The van der Waals surface area contributed by atoms with Gasteiger partial charge in [-0.05, 0) is 35.9 Å². The molecule has 0 aliphatic heterocycles. The minimum absolute atomic E-state index is 0.497. The first-order valence-electron chi connectivity index (χ1n) is 9.67. The van der Waals surface area contributed by atoms with Crippen molar-refractivity contribution in [3.63, 3.8) is 0 Å². The van der Waals surface area contributed by atoms with E-state index in [0.717, 1.165) is 27.7 Å². The molecule has 0 saturated carbocycles. The first-order valence-corrected chi connectivity index (χ1v) is 9.67. The van der Waals surface area contributed by atoms with E-state index in [4.69, 9.17) is 0 Å². The maximum absolute atomic E-state index is 12.5. The van der Waals surface area contributed by atoms with Crippen molar-refractivity contribution >= 4 is 22.5 Å². The lowest BCUT2D eigenvalue weighted by atomic mass is 10.0. The van der Waals surface area contributed by atoms with Crippen LogP contribution in [-0.2, 0) is 4.79 Å². The van der Waals surface area contributed by atoms with Gasteiger partial charge in [0.15, 0.2) is 11.9 Å². The molecule has 8 nitrogen and oxygen atoms in total. The normalized spacial score (nSPS) is 12.0. The molecule has 3 aromatic carbocycles. The molecule has 0 saturated heterocycles. The van der Waals surface area contributed by atoms with Crippen LogP contribution in [0, 0.1) is 0 Å². The molecule has 0 unspecified atom stereocenters. The van der Waals surface area contributed by atoms with Crippen molar-refractivity contribution in [1.29, 1.82) is 0 Å². The Hall–Kier alpha value is -4.30. The first kappa shape index (κ1) is 18.7. The maximum Gasteiger partial charge on any atom is 0.257 e. The van der Waals surface area contributed by atoms with Crippen LogP contribution >= 0.6 is 0 Å². The number of aliphatic hydroxyl groups is 1. The van der Waals surface area contributed by atoms with E-state index in [1.807, 2.05) is 42.5 Å². The fraction of sp³-hybridized carbons (Fsp3) is 0.0435. The van der Waals surface area contributed by atoms with Gasteiger partial charge in [-0.3, -0.25) is 15.0 Å². The molecule has 8 heteroatoms. The fourth-order valence-electron chi connectivity index (χ4n) is 3.47. The smallest absolute Gasteiger partial charge is 0.257 e. The van der Waals surface area contributed by atoms with E-state index in [1.54, 1.807) is 30.3 Å². The number of aromatic amines is 2. The topological polar surface area (TPSA) is 120 Å². The van der Waals surface area contributed by atoms with E-state index >= 15 is 0 Å². The number of carbonyl (C=O) groups excluding carboxylic acids is 1. The molecule has 4 N–H and O–H groups in total. The van der Waals surface area contributed by atoms with Crippen LogP contribution in [0.1, 0.15) is 11.7 Å². The Kier molecular flexibility index (Phi) is 4.74. The second-order valence-electron chi connectivity index (χ2n) is 7.05. The number of anilines is 1. The molecule has 0 spiro atoms. The highest BCUT2D eigenvalue weighted by Gasteiger charge is 2.18. The molecule has 31 heavy (non-hydrogen) atoms. The van der Waals surface area contributed by atoms with Crippen LogP contribution in [0.2, 0.25) is 0 Å². The van der Waals surface area contributed by atoms with Crippen LogP contribution in [0.3, 0.4) is 0 Å². The third-order valence-electron chi connectivity index (χ3n) is 5.02. The van der Waals surface area contributed by atoms with Gasteiger partial charge in [0.05, 0.1) is 11.2 Å². The van der Waals surface area contributed by atoms with Gasteiger partial charge in [-0.2, -0.15) is 10.2 Å². The zero-order valence-electron chi connectivity index (χ0n) is 16.3. The standard InChI is InChI=1S/C23H18N6O2/c30-21(14-5-2-1-3-6-14)23(31)26-17-8-4-7-15(11-17)20-18-12-16(22-24-13-25-29-22)9-10-19(18)27-28-20/h1-13,21,30H,(H,26,31)(H,27,28)(H,24,25,29)/t21-/m1/s1. The van der Waals surface area contributed by atoms with Crippen LogP contribution in [0.25, 0.3) is 33.5 Å². The fourth-order valence-corrected chi connectivity index (χ4v) is 3.47. The molecule has 2 heterocycles. The number of nitrogens with one attached hydrogen (secondary N) is 3. The second-order valence-corrected chi connectivity index (χ2v) is 7.05. The van der Waals surface area contributed by atoms with Crippen LogP contribution in [0.5, 0.6) is 0 Å². The Morgan fingerprint density at radius 1 is 0.935 bits per heavy atom. The quantitative estimate of drug-likeness (QED) is 0.352. The van der Waals surface area contributed by atoms with Crippen molar-refractivity contribution < 1.29 is 9.90 Å². The van der Waals surface area contributed by atoms with Gasteiger partial charge in [-0.1, -0.05) is 42.5 Å². The Morgan fingerprint density at radius 3 is 2.61 bits per heavy atom. The molecular weight excluding hydrogens is 392 g/mol. The van der Waals surface area contributed by atoms with Crippen LogP contribution in [0.15, 0.2) is 79.1 Å². The predicted molar refractivity (Wildman–Crippen MR) is 117 cm³/mol. The molecular formula is C23H18N6O2.